The lowest BCUT2D eigenvalue weighted by molar-refractivity contribution is 0.102. The number of nitrogens with one attached hydrogen (secondary N) is 2. The van der Waals surface area contributed by atoms with E-state index in [4.69, 9.17) is 18.0 Å². The van der Waals surface area contributed by atoms with Crippen LogP contribution in [0.2, 0.25) is 0 Å². The minimum Gasteiger partial charge on any atom is -0.389 e. The fourth-order valence-electron chi connectivity index (χ4n) is 1.55. The number of halogens is 1. The Labute approximate surface area is 118 Å². The number of hydrogen-bond donors (Lipinski definition) is 3. The van der Waals surface area contributed by atoms with Crippen molar-refractivity contribution in [1.82, 2.24) is 4.98 Å². The normalized spacial score (nSPS) is 10.1. The lowest BCUT2D eigenvalue weighted by Crippen LogP contribution is -2.16. The smallest absolute Gasteiger partial charge is 0.257 e. The van der Waals surface area contributed by atoms with Gasteiger partial charge in [0, 0.05) is 23.5 Å². The second-order valence-electron chi connectivity index (χ2n) is 3.95. The molecule has 7 heteroatoms. The second kappa shape index (κ2) is 5.62. The summed E-state index contributed by atoms with van der Waals surface area (Å²) in [5.74, 6) is -0.999. The molecule has 4 N–H and O–H groups in total. The molecule has 0 atom stereocenters. The predicted molar refractivity (Wildman–Crippen MR) is 77.3 cm³/mol. The number of aromatic amines is 1. The Morgan fingerprint density at radius 1 is 1.30 bits per heavy atom. The topological polar surface area (TPSA) is 88.0 Å². The van der Waals surface area contributed by atoms with Gasteiger partial charge in [0.15, 0.2) is 0 Å². The van der Waals surface area contributed by atoms with Crippen molar-refractivity contribution in [2.24, 2.45) is 5.73 Å². The van der Waals surface area contributed by atoms with E-state index in [1.165, 1.54) is 30.5 Å². The first kappa shape index (κ1) is 13.9. The number of aromatic nitrogens is 1. The third kappa shape index (κ3) is 3.07. The van der Waals surface area contributed by atoms with E-state index in [0.29, 0.717) is 5.69 Å². The van der Waals surface area contributed by atoms with Crippen LogP contribution in [0.1, 0.15) is 15.9 Å². The average molecular weight is 291 g/mol. The standard InChI is InChI=1S/C13H10FN3O2S/c14-10-3-2-8(5-9(10)12(15)20)17-13(19)7-1-4-11(18)16-6-7/h1-6H,(H2,15,20)(H,16,18)(H,17,19). The highest BCUT2D eigenvalue weighted by molar-refractivity contribution is 7.80. The molecule has 2 rings (SSSR count). The largest absolute Gasteiger partial charge is 0.389 e. The molecule has 0 aliphatic heterocycles. The summed E-state index contributed by atoms with van der Waals surface area (Å²) in [7, 11) is 0. The van der Waals surface area contributed by atoms with Crippen LogP contribution in [0, 0.1) is 5.82 Å². The number of H-pyrrole nitrogens is 1. The molecule has 1 amide bonds. The van der Waals surface area contributed by atoms with Crippen LogP contribution in [-0.2, 0) is 0 Å². The number of pyridine rings is 1. The van der Waals surface area contributed by atoms with Gasteiger partial charge >= 0.3 is 0 Å². The van der Waals surface area contributed by atoms with Gasteiger partial charge in [0.25, 0.3) is 5.91 Å². The molecule has 0 aliphatic rings. The molecule has 0 saturated carbocycles. The fourth-order valence-corrected chi connectivity index (χ4v) is 1.70. The zero-order valence-electron chi connectivity index (χ0n) is 10.1. The molecule has 20 heavy (non-hydrogen) atoms. The minimum atomic E-state index is -0.556. The molecule has 5 nitrogen and oxygen atoms in total. The quantitative estimate of drug-likeness (QED) is 0.746. The molecule has 0 spiro atoms. The Balaban J connectivity index is 2.24. The van der Waals surface area contributed by atoms with Crippen molar-refractivity contribution in [3.63, 3.8) is 0 Å². The summed E-state index contributed by atoms with van der Waals surface area (Å²) < 4.78 is 13.4. The summed E-state index contributed by atoms with van der Waals surface area (Å²) in [6.45, 7) is 0. The Morgan fingerprint density at radius 2 is 2.05 bits per heavy atom. The van der Waals surface area contributed by atoms with E-state index in [-0.39, 0.29) is 21.7 Å². The summed E-state index contributed by atoms with van der Waals surface area (Å²) in [4.78, 5) is 25.1. The van der Waals surface area contributed by atoms with Gasteiger partial charge in [-0.3, -0.25) is 9.59 Å². The van der Waals surface area contributed by atoms with Gasteiger partial charge in [0.1, 0.15) is 10.8 Å². The van der Waals surface area contributed by atoms with Gasteiger partial charge in [0.2, 0.25) is 5.56 Å². The fraction of sp³-hybridized carbons (Fsp3) is 0. The number of thiocarbonyl (C=S) groups is 1. The maximum Gasteiger partial charge on any atom is 0.257 e. The molecule has 0 aliphatic carbocycles. The monoisotopic (exact) mass is 291 g/mol. The molecular weight excluding hydrogens is 281 g/mol. The number of carbonyl (C=O) groups excluding carboxylic acids is 1. The highest BCUT2D eigenvalue weighted by atomic mass is 32.1. The molecular formula is C13H10FN3O2S. The van der Waals surface area contributed by atoms with Gasteiger partial charge in [0.05, 0.1) is 5.56 Å². The molecule has 1 aromatic heterocycles. The molecule has 0 unspecified atom stereocenters. The van der Waals surface area contributed by atoms with Crippen molar-refractivity contribution >= 4 is 28.8 Å². The minimum absolute atomic E-state index is 0.0549. The van der Waals surface area contributed by atoms with Crippen LogP contribution in [-0.4, -0.2) is 15.9 Å². The van der Waals surface area contributed by atoms with Crippen LogP contribution < -0.4 is 16.6 Å². The summed E-state index contributed by atoms with van der Waals surface area (Å²) in [6, 6.07) is 6.52. The van der Waals surface area contributed by atoms with Crippen LogP contribution >= 0.6 is 12.2 Å². The van der Waals surface area contributed by atoms with E-state index in [1.807, 2.05) is 0 Å². The molecule has 0 saturated heterocycles. The number of rotatable bonds is 3. The van der Waals surface area contributed by atoms with E-state index < -0.39 is 11.7 Å². The molecule has 2 aromatic rings. The van der Waals surface area contributed by atoms with E-state index >= 15 is 0 Å². The van der Waals surface area contributed by atoms with Gasteiger partial charge < -0.3 is 16.0 Å². The van der Waals surface area contributed by atoms with Crippen molar-refractivity contribution in [3.8, 4) is 0 Å². The Hall–Kier alpha value is -2.54. The number of anilines is 1. The summed E-state index contributed by atoms with van der Waals surface area (Å²) in [6.07, 6.45) is 1.29. The van der Waals surface area contributed by atoms with Gasteiger partial charge in [-0.2, -0.15) is 0 Å². The summed E-state index contributed by atoms with van der Waals surface area (Å²) in [5, 5.41) is 2.56. The maximum absolute atomic E-state index is 13.4. The van der Waals surface area contributed by atoms with Crippen LogP contribution in [0.5, 0.6) is 0 Å². The first-order valence-corrected chi connectivity index (χ1v) is 5.97. The van der Waals surface area contributed by atoms with Gasteiger partial charge in [-0.05, 0) is 24.3 Å². The number of hydrogen-bond acceptors (Lipinski definition) is 3. The lowest BCUT2D eigenvalue weighted by Gasteiger charge is -2.07. The van der Waals surface area contributed by atoms with E-state index in [1.54, 1.807) is 0 Å². The summed E-state index contributed by atoms with van der Waals surface area (Å²) in [5.41, 5.74) is 5.75. The first-order valence-electron chi connectivity index (χ1n) is 5.57. The number of nitrogens with two attached hydrogens (primary N) is 1. The van der Waals surface area contributed by atoms with E-state index in [9.17, 15) is 14.0 Å². The highest BCUT2D eigenvalue weighted by Gasteiger charge is 2.10. The van der Waals surface area contributed by atoms with Gasteiger partial charge in [-0.25, -0.2) is 4.39 Å². The van der Waals surface area contributed by atoms with Crippen LogP contribution in [0.4, 0.5) is 10.1 Å². The van der Waals surface area contributed by atoms with E-state index in [2.05, 4.69) is 10.3 Å². The van der Waals surface area contributed by atoms with E-state index in [0.717, 1.165) is 6.07 Å². The number of carbonyl (C=O) groups is 1. The van der Waals surface area contributed by atoms with Crippen LogP contribution in [0.15, 0.2) is 41.3 Å². The maximum atomic E-state index is 13.4. The van der Waals surface area contributed by atoms with Crippen LogP contribution in [0.25, 0.3) is 0 Å². The molecule has 0 bridgehead atoms. The SMILES string of the molecule is NC(=S)c1cc(NC(=O)c2ccc(=O)[nH]c2)ccc1F. The van der Waals surface area contributed by atoms with Crippen molar-refractivity contribution in [3.05, 3.63) is 63.8 Å². The Morgan fingerprint density at radius 3 is 2.65 bits per heavy atom. The highest BCUT2D eigenvalue weighted by Crippen LogP contribution is 2.15. The lowest BCUT2D eigenvalue weighted by atomic mass is 10.1. The molecule has 102 valence electrons. The molecule has 1 aromatic carbocycles. The zero-order chi connectivity index (χ0) is 14.7. The zero-order valence-corrected chi connectivity index (χ0v) is 11.0. The van der Waals surface area contributed by atoms with Gasteiger partial charge in [-0.15, -0.1) is 0 Å². The molecule has 0 fully saturated rings. The molecule has 1 heterocycles. The van der Waals surface area contributed by atoms with Crippen molar-refractivity contribution in [2.75, 3.05) is 5.32 Å². The third-order valence-corrected chi connectivity index (χ3v) is 2.76. The Kier molecular flexibility index (Phi) is 3.90. The second-order valence-corrected chi connectivity index (χ2v) is 4.39. The predicted octanol–water partition coefficient (Wildman–Crippen LogP) is 1.40. The van der Waals surface area contributed by atoms with Crippen molar-refractivity contribution in [1.29, 1.82) is 0 Å². The van der Waals surface area contributed by atoms with Crippen LogP contribution in [0.3, 0.4) is 0 Å². The summed E-state index contributed by atoms with van der Waals surface area (Å²) >= 11 is 4.72. The average Bonchev–Trinajstić information content (AvgIpc) is 2.41. The number of benzene rings is 1. The first-order chi connectivity index (χ1) is 9.47. The van der Waals surface area contributed by atoms with Crippen molar-refractivity contribution < 1.29 is 9.18 Å². The molecule has 0 radical (unpaired) electrons. The third-order valence-electron chi connectivity index (χ3n) is 2.54. The van der Waals surface area contributed by atoms with Gasteiger partial charge in [-0.1, -0.05) is 12.2 Å². The van der Waals surface area contributed by atoms with Crippen molar-refractivity contribution in [2.45, 2.75) is 0 Å². The Bertz CT molecular complexity index is 722. The number of amides is 1.